The van der Waals surface area contributed by atoms with Crippen LogP contribution in [0.5, 0.6) is 0 Å². The predicted molar refractivity (Wildman–Crippen MR) is 108 cm³/mol. The van der Waals surface area contributed by atoms with Crippen molar-refractivity contribution in [3.63, 3.8) is 0 Å². The van der Waals surface area contributed by atoms with Gasteiger partial charge in [-0.25, -0.2) is 0 Å². The molecule has 1 heterocycles. The molecular formula is C22H29N3O. The minimum absolute atomic E-state index is 0.0195. The van der Waals surface area contributed by atoms with Gasteiger partial charge in [-0.15, -0.1) is 0 Å². The van der Waals surface area contributed by atoms with Crippen molar-refractivity contribution in [1.82, 2.24) is 4.90 Å². The molecule has 0 unspecified atom stereocenters. The minimum Gasteiger partial charge on any atom is -0.399 e. The number of carbonyl (C=O) groups excluding carboxylic acids is 1. The molecule has 0 radical (unpaired) electrons. The summed E-state index contributed by atoms with van der Waals surface area (Å²) in [5, 5.41) is 2.97. The van der Waals surface area contributed by atoms with Crippen molar-refractivity contribution in [2.24, 2.45) is 5.92 Å². The molecular weight excluding hydrogens is 322 g/mol. The molecule has 0 spiro atoms. The molecule has 0 aromatic heterocycles. The van der Waals surface area contributed by atoms with Gasteiger partial charge < -0.3 is 11.1 Å². The van der Waals surface area contributed by atoms with Crippen LogP contribution in [0.1, 0.15) is 37.3 Å². The zero-order chi connectivity index (χ0) is 18.4. The lowest BCUT2D eigenvalue weighted by Gasteiger charge is -2.30. The van der Waals surface area contributed by atoms with Crippen LogP contribution >= 0.6 is 0 Å². The van der Waals surface area contributed by atoms with Gasteiger partial charge >= 0.3 is 0 Å². The van der Waals surface area contributed by atoms with E-state index in [-0.39, 0.29) is 5.91 Å². The number of benzene rings is 2. The van der Waals surface area contributed by atoms with E-state index >= 15 is 0 Å². The Morgan fingerprint density at radius 1 is 1.12 bits per heavy atom. The smallest absolute Gasteiger partial charge is 0.224 e. The summed E-state index contributed by atoms with van der Waals surface area (Å²) in [4.78, 5) is 14.7. The zero-order valence-corrected chi connectivity index (χ0v) is 15.6. The highest BCUT2D eigenvalue weighted by Crippen LogP contribution is 2.19. The van der Waals surface area contributed by atoms with E-state index in [4.69, 9.17) is 5.73 Å². The lowest BCUT2D eigenvalue weighted by atomic mass is 9.99. The Morgan fingerprint density at radius 2 is 1.81 bits per heavy atom. The Kier molecular flexibility index (Phi) is 6.29. The molecule has 138 valence electrons. The molecule has 3 rings (SSSR count). The lowest BCUT2D eigenvalue weighted by Crippen LogP contribution is -2.32. The summed E-state index contributed by atoms with van der Waals surface area (Å²) in [5.74, 6) is 0.876. The van der Waals surface area contributed by atoms with Crippen LogP contribution in [0.3, 0.4) is 0 Å². The van der Waals surface area contributed by atoms with Crippen LogP contribution < -0.4 is 11.1 Å². The van der Waals surface area contributed by atoms with Crippen LogP contribution in [-0.4, -0.2) is 23.9 Å². The topological polar surface area (TPSA) is 58.4 Å². The first-order chi connectivity index (χ1) is 12.6. The van der Waals surface area contributed by atoms with Crippen LogP contribution in [-0.2, 0) is 17.8 Å². The quantitative estimate of drug-likeness (QED) is 0.771. The van der Waals surface area contributed by atoms with Gasteiger partial charge in [0.1, 0.15) is 0 Å². The number of nitrogens with one attached hydrogen (secondary N) is 1. The van der Waals surface area contributed by atoms with Crippen molar-refractivity contribution < 1.29 is 4.79 Å². The number of hydrogen-bond donors (Lipinski definition) is 2. The van der Waals surface area contributed by atoms with E-state index in [1.807, 2.05) is 36.4 Å². The number of nitrogens with zero attached hydrogens (tertiary/aromatic N) is 1. The fraction of sp³-hybridized carbons (Fsp3) is 0.409. The second kappa shape index (κ2) is 8.86. The van der Waals surface area contributed by atoms with Gasteiger partial charge in [-0.2, -0.15) is 0 Å². The fourth-order valence-corrected chi connectivity index (χ4v) is 3.41. The van der Waals surface area contributed by atoms with Crippen LogP contribution in [0.25, 0.3) is 0 Å². The third kappa shape index (κ3) is 5.33. The first-order valence-electron chi connectivity index (χ1n) is 9.54. The standard InChI is InChI=1S/C22H29N3O/c1-17-12-14-25(15-13-17)16-18-6-9-20(10-7-18)24-22(26)11-8-19-4-2-3-5-21(19)23/h2-7,9-10,17H,8,11-16,23H2,1H3,(H,24,26). The summed E-state index contributed by atoms with van der Waals surface area (Å²) in [6.07, 6.45) is 3.67. The maximum absolute atomic E-state index is 12.2. The van der Waals surface area contributed by atoms with Crippen molar-refractivity contribution in [3.8, 4) is 0 Å². The molecule has 4 heteroatoms. The average Bonchev–Trinajstić information content (AvgIpc) is 2.64. The third-order valence-electron chi connectivity index (χ3n) is 5.20. The second-order valence-corrected chi connectivity index (χ2v) is 7.40. The van der Waals surface area contributed by atoms with Crippen molar-refractivity contribution in [1.29, 1.82) is 0 Å². The Morgan fingerprint density at radius 3 is 2.50 bits per heavy atom. The van der Waals surface area contributed by atoms with Gasteiger partial charge in [-0.05, 0) is 67.6 Å². The number of hydrogen-bond acceptors (Lipinski definition) is 3. The van der Waals surface area contributed by atoms with Gasteiger partial charge in [0.25, 0.3) is 0 Å². The molecule has 0 aliphatic carbocycles. The number of nitrogen functional groups attached to an aromatic ring is 1. The normalized spacial score (nSPS) is 15.7. The van der Waals surface area contributed by atoms with Crippen molar-refractivity contribution in [2.75, 3.05) is 24.1 Å². The SMILES string of the molecule is CC1CCN(Cc2ccc(NC(=O)CCc3ccccc3N)cc2)CC1. The largest absolute Gasteiger partial charge is 0.399 e. The molecule has 3 N–H and O–H groups in total. The number of carbonyl (C=O) groups is 1. The highest BCUT2D eigenvalue weighted by molar-refractivity contribution is 5.90. The summed E-state index contributed by atoms with van der Waals surface area (Å²) in [6, 6.07) is 15.9. The summed E-state index contributed by atoms with van der Waals surface area (Å²) in [7, 11) is 0. The van der Waals surface area contributed by atoms with E-state index in [2.05, 4.69) is 29.3 Å². The average molecular weight is 351 g/mol. The van der Waals surface area contributed by atoms with E-state index in [1.165, 1.54) is 31.5 Å². The Hall–Kier alpha value is -2.33. The third-order valence-corrected chi connectivity index (χ3v) is 5.20. The molecule has 2 aromatic rings. The number of piperidine rings is 1. The number of para-hydroxylation sites is 1. The van der Waals surface area contributed by atoms with Gasteiger partial charge in [0.05, 0.1) is 0 Å². The summed E-state index contributed by atoms with van der Waals surface area (Å²) in [5.41, 5.74) is 9.85. The summed E-state index contributed by atoms with van der Waals surface area (Å²) < 4.78 is 0. The molecule has 1 aliphatic heterocycles. The molecule has 1 aliphatic rings. The monoisotopic (exact) mass is 351 g/mol. The molecule has 0 saturated carbocycles. The van der Waals surface area contributed by atoms with Crippen molar-refractivity contribution >= 4 is 17.3 Å². The van der Waals surface area contributed by atoms with Crippen molar-refractivity contribution in [2.45, 2.75) is 39.2 Å². The maximum Gasteiger partial charge on any atom is 0.224 e. The first kappa shape index (κ1) is 18.5. The van der Waals surface area contributed by atoms with E-state index in [1.54, 1.807) is 0 Å². The van der Waals surface area contributed by atoms with Gasteiger partial charge in [0.15, 0.2) is 0 Å². The maximum atomic E-state index is 12.2. The molecule has 4 nitrogen and oxygen atoms in total. The summed E-state index contributed by atoms with van der Waals surface area (Å²) >= 11 is 0. The second-order valence-electron chi connectivity index (χ2n) is 7.40. The molecule has 26 heavy (non-hydrogen) atoms. The van der Waals surface area contributed by atoms with Crippen LogP contribution in [0.4, 0.5) is 11.4 Å². The van der Waals surface area contributed by atoms with Crippen LogP contribution in [0, 0.1) is 5.92 Å². The van der Waals surface area contributed by atoms with Crippen LogP contribution in [0.15, 0.2) is 48.5 Å². The molecule has 1 fully saturated rings. The Bertz CT molecular complexity index is 718. The predicted octanol–water partition coefficient (Wildman–Crippen LogP) is 4.07. The zero-order valence-electron chi connectivity index (χ0n) is 15.6. The fourth-order valence-electron chi connectivity index (χ4n) is 3.41. The lowest BCUT2D eigenvalue weighted by molar-refractivity contribution is -0.116. The Labute approximate surface area is 156 Å². The molecule has 1 amide bonds. The van der Waals surface area contributed by atoms with Crippen LogP contribution in [0.2, 0.25) is 0 Å². The van der Waals surface area contributed by atoms with Gasteiger partial charge in [-0.3, -0.25) is 9.69 Å². The van der Waals surface area contributed by atoms with E-state index in [0.29, 0.717) is 12.8 Å². The molecule has 1 saturated heterocycles. The van der Waals surface area contributed by atoms with Crippen molar-refractivity contribution in [3.05, 3.63) is 59.7 Å². The first-order valence-corrected chi connectivity index (χ1v) is 9.54. The minimum atomic E-state index is 0.0195. The highest BCUT2D eigenvalue weighted by atomic mass is 16.1. The number of nitrogens with two attached hydrogens (primary N) is 1. The van der Waals surface area contributed by atoms with Gasteiger partial charge in [0, 0.05) is 24.3 Å². The van der Waals surface area contributed by atoms with E-state index in [9.17, 15) is 4.79 Å². The number of amides is 1. The number of anilines is 2. The van der Waals surface area contributed by atoms with E-state index in [0.717, 1.165) is 29.4 Å². The number of aryl methyl sites for hydroxylation is 1. The molecule has 0 bridgehead atoms. The number of likely N-dealkylation sites (tertiary alicyclic amines) is 1. The summed E-state index contributed by atoms with van der Waals surface area (Å²) in [6.45, 7) is 5.69. The highest BCUT2D eigenvalue weighted by Gasteiger charge is 2.15. The molecule has 0 atom stereocenters. The van der Waals surface area contributed by atoms with Gasteiger partial charge in [-0.1, -0.05) is 37.3 Å². The van der Waals surface area contributed by atoms with Gasteiger partial charge in [0.2, 0.25) is 5.91 Å². The van der Waals surface area contributed by atoms with E-state index < -0.39 is 0 Å². The molecule has 2 aromatic carbocycles. The number of rotatable bonds is 6. The Balaban J connectivity index is 1.46.